The van der Waals surface area contributed by atoms with E-state index >= 15 is 0 Å². The minimum absolute atomic E-state index is 0.0535. The first-order chi connectivity index (χ1) is 12.6. The Morgan fingerprint density at radius 2 is 1.73 bits per heavy atom. The van der Waals surface area contributed by atoms with E-state index in [-0.39, 0.29) is 12.0 Å². The molecule has 1 fully saturated rings. The van der Waals surface area contributed by atoms with Gasteiger partial charge in [0, 0.05) is 43.4 Å². The molecule has 1 aliphatic heterocycles. The maximum Gasteiger partial charge on any atom is 0.409 e. The number of rotatable bonds is 3. The van der Waals surface area contributed by atoms with Gasteiger partial charge >= 0.3 is 6.09 Å². The van der Waals surface area contributed by atoms with Gasteiger partial charge in [0.1, 0.15) is 12.1 Å². The topological polar surface area (TPSA) is 102 Å². The minimum Gasteiger partial charge on any atom is -0.450 e. The zero-order chi connectivity index (χ0) is 18.5. The quantitative estimate of drug-likeness (QED) is 0.898. The molecule has 0 spiro atoms. The number of hydrogen-bond acceptors (Lipinski definition) is 6. The van der Waals surface area contributed by atoms with E-state index in [1.54, 1.807) is 34.9 Å². The second-order valence-electron chi connectivity index (χ2n) is 5.88. The maximum absolute atomic E-state index is 12.6. The summed E-state index contributed by atoms with van der Waals surface area (Å²) in [6.45, 7) is 4.05. The van der Waals surface area contributed by atoms with Crippen LogP contribution in [0.2, 0.25) is 0 Å². The lowest BCUT2D eigenvalue weighted by atomic mass is 10.1. The summed E-state index contributed by atoms with van der Waals surface area (Å²) in [6.07, 6.45) is 1.08. The summed E-state index contributed by atoms with van der Waals surface area (Å²) in [7, 11) is 0. The van der Waals surface area contributed by atoms with Crippen molar-refractivity contribution >= 4 is 17.8 Å². The van der Waals surface area contributed by atoms with Crippen LogP contribution in [-0.2, 0) is 4.74 Å². The standard InChI is InChI=1S/C18H21N5O3/c1-2-26-18(25)23-9-7-22(8-10-23)17(24)14-5-3-13(4-6-14)15-11-16(19)21-12-20-15/h3-6,11-12H,2,7-10H2,1H3,(H2,19,20,21). The Hall–Kier alpha value is -3.16. The molecule has 2 heterocycles. The highest BCUT2D eigenvalue weighted by Crippen LogP contribution is 2.19. The summed E-state index contributed by atoms with van der Waals surface area (Å²) in [5.41, 5.74) is 7.84. The fraction of sp³-hybridized carbons (Fsp3) is 0.333. The lowest BCUT2D eigenvalue weighted by molar-refractivity contribution is 0.0570. The zero-order valence-electron chi connectivity index (χ0n) is 14.6. The Labute approximate surface area is 151 Å². The van der Waals surface area contributed by atoms with Crippen LogP contribution in [0, 0.1) is 0 Å². The molecule has 26 heavy (non-hydrogen) atoms. The van der Waals surface area contributed by atoms with Crippen molar-refractivity contribution < 1.29 is 14.3 Å². The first-order valence-electron chi connectivity index (χ1n) is 8.47. The van der Waals surface area contributed by atoms with E-state index in [4.69, 9.17) is 10.5 Å². The number of piperazine rings is 1. The van der Waals surface area contributed by atoms with Crippen molar-refractivity contribution in [1.82, 2.24) is 19.8 Å². The van der Waals surface area contributed by atoms with Gasteiger partial charge in [-0.05, 0) is 19.1 Å². The number of aromatic nitrogens is 2. The van der Waals surface area contributed by atoms with Gasteiger partial charge < -0.3 is 20.3 Å². The molecule has 2 aromatic rings. The van der Waals surface area contributed by atoms with Crippen LogP contribution in [0.15, 0.2) is 36.7 Å². The summed E-state index contributed by atoms with van der Waals surface area (Å²) < 4.78 is 4.99. The van der Waals surface area contributed by atoms with E-state index in [0.29, 0.717) is 49.9 Å². The van der Waals surface area contributed by atoms with Crippen molar-refractivity contribution in [3.8, 4) is 11.3 Å². The van der Waals surface area contributed by atoms with Gasteiger partial charge in [-0.15, -0.1) is 0 Å². The van der Waals surface area contributed by atoms with Gasteiger partial charge in [0.15, 0.2) is 0 Å². The van der Waals surface area contributed by atoms with E-state index in [2.05, 4.69) is 9.97 Å². The molecule has 1 aliphatic rings. The summed E-state index contributed by atoms with van der Waals surface area (Å²) in [6, 6.07) is 8.90. The molecule has 8 nitrogen and oxygen atoms in total. The van der Waals surface area contributed by atoms with Crippen molar-refractivity contribution in [1.29, 1.82) is 0 Å². The average molecular weight is 355 g/mol. The molecule has 1 aromatic carbocycles. The average Bonchev–Trinajstić information content (AvgIpc) is 2.68. The number of benzene rings is 1. The third-order valence-electron chi connectivity index (χ3n) is 4.21. The highest BCUT2D eigenvalue weighted by atomic mass is 16.6. The Kier molecular flexibility index (Phi) is 5.31. The molecule has 0 radical (unpaired) electrons. The van der Waals surface area contributed by atoms with Gasteiger partial charge in [0.2, 0.25) is 0 Å². The lowest BCUT2D eigenvalue weighted by Gasteiger charge is -2.34. The highest BCUT2D eigenvalue weighted by molar-refractivity contribution is 5.94. The molecule has 2 amide bonds. The number of ether oxygens (including phenoxy) is 1. The normalized spacial score (nSPS) is 14.2. The van der Waals surface area contributed by atoms with Gasteiger partial charge in [-0.1, -0.05) is 12.1 Å². The van der Waals surface area contributed by atoms with E-state index in [0.717, 1.165) is 5.56 Å². The zero-order valence-corrected chi connectivity index (χ0v) is 14.6. The van der Waals surface area contributed by atoms with Gasteiger partial charge in [0.25, 0.3) is 5.91 Å². The Balaban J connectivity index is 1.63. The Morgan fingerprint density at radius 1 is 1.08 bits per heavy atom. The number of hydrogen-bond donors (Lipinski definition) is 1. The Morgan fingerprint density at radius 3 is 2.35 bits per heavy atom. The third kappa shape index (κ3) is 3.90. The second kappa shape index (κ2) is 7.81. The number of nitrogens with two attached hydrogens (primary N) is 1. The van der Waals surface area contributed by atoms with Crippen molar-refractivity contribution in [3.05, 3.63) is 42.2 Å². The summed E-state index contributed by atoms with van der Waals surface area (Å²) in [5, 5.41) is 0. The number of carbonyl (C=O) groups is 2. The molecule has 8 heteroatoms. The summed E-state index contributed by atoms with van der Waals surface area (Å²) >= 11 is 0. The first-order valence-corrected chi connectivity index (χ1v) is 8.47. The number of nitrogens with zero attached hydrogens (tertiary/aromatic N) is 4. The van der Waals surface area contributed by atoms with Gasteiger partial charge in [0.05, 0.1) is 12.3 Å². The predicted molar refractivity (Wildman–Crippen MR) is 96.4 cm³/mol. The molecule has 1 aromatic heterocycles. The monoisotopic (exact) mass is 355 g/mol. The predicted octanol–water partition coefficient (Wildman–Crippen LogP) is 1.64. The smallest absolute Gasteiger partial charge is 0.409 e. The van der Waals surface area contributed by atoms with Crippen LogP contribution in [0.25, 0.3) is 11.3 Å². The van der Waals surface area contributed by atoms with Crippen LogP contribution in [0.3, 0.4) is 0 Å². The van der Waals surface area contributed by atoms with Crippen molar-refractivity contribution in [2.24, 2.45) is 0 Å². The SMILES string of the molecule is CCOC(=O)N1CCN(C(=O)c2ccc(-c3cc(N)ncn3)cc2)CC1. The van der Waals surface area contributed by atoms with E-state index in [9.17, 15) is 9.59 Å². The fourth-order valence-electron chi connectivity index (χ4n) is 2.80. The van der Waals surface area contributed by atoms with E-state index in [1.165, 1.54) is 6.33 Å². The van der Waals surface area contributed by atoms with Crippen LogP contribution >= 0.6 is 0 Å². The van der Waals surface area contributed by atoms with Crippen LogP contribution < -0.4 is 5.73 Å². The number of nitrogen functional groups attached to an aromatic ring is 1. The molecular formula is C18H21N5O3. The van der Waals surface area contributed by atoms with Gasteiger partial charge in [-0.3, -0.25) is 4.79 Å². The van der Waals surface area contributed by atoms with Crippen molar-refractivity contribution in [2.45, 2.75) is 6.92 Å². The minimum atomic E-state index is -0.326. The summed E-state index contributed by atoms with van der Waals surface area (Å²) in [4.78, 5) is 35.8. The summed E-state index contributed by atoms with van der Waals surface area (Å²) in [5.74, 6) is 0.344. The molecular weight excluding hydrogens is 334 g/mol. The largest absolute Gasteiger partial charge is 0.450 e. The molecule has 0 aliphatic carbocycles. The van der Waals surface area contributed by atoms with Crippen LogP contribution in [0.1, 0.15) is 17.3 Å². The Bertz CT molecular complexity index is 786. The van der Waals surface area contributed by atoms with Gasteiger partial charge in [-0.25, -0.2) is 14.8 Å². The van der Waals surface area contributed by atoms with Crippen molar-refractivity contribution in [2.75, 3.05) is 38.5 Å². The molecule has 136 valence electrons. The molecule has 0 bridgehead atoms. The van der Waals surface area contributed by atoms with Gasteiger partial charge in [-0.2, -0.15) is 0 Å². The third-order valence-corrected chi connectivity index (χ3v) is 4.21. The fourth-order valence-corrected chi connectivity index (χ4v) is 2.80. The molecule has 3 rings (SSSR count). The van der Waals surface area contributed by atoms with Crippen LogP contribution in [-0.4, -0.2) is 64.6 Å². The highest BCUT2D eigenvalue weighted by Gasteiger charge is 2.25. The van der Waals surface area contributed by atoms with Crippen molar-refractivity contribution in [3.63, 3.8) is 0 Å². The number of amides is 2. The molecule has 1 saturated heterocycles. The molecule has 0 unspecified atom stereocenters. The number of anilines is 1. The van der Waals surface area contributed by atoms with Crippen LogP contribution in [0.5, 0.6) is 0 Å². The second-order valence-corrected chi connectivity index (χ2v) is 5.88. The molecule has 2 N–H and O–H groups in total. The number of carbonyl (C=O) groups excluding carboxylic acids is 2. The molecule has 0 atom stereocenters. The van der Waals surface area contributed by atoms with Crippen LogP contribution in [0.4, 0.5) is 10.6 Å². The molecule has 0 saturated carbocycles. The van der Waals surface area contributed by atoms with E-state index < -0.39 is 0 Å². The van der Waals surface area contributed by atoms with E-state index in [1.807, 2.05) is 12.1 Å². The first kappa shape index (κ1) is 17.7. The maximum atomic E-state index is 12.6. The lowest BCUT2D eigenvalue weighted by Crippen LogP contribution is -2.50.